The predicted octanol–water partition coefficient (Wildman–Crippen LogP) is 1.00. The van der Waals surface area contributed by atoms with Gasteiger partial charge in [-0.1, -0.05) is 0 Å². The lowest BCUT2D eigenvalue weighted by atomic mass is 9.77. The van der Waals surface area contributed by atoms with Crippen LogP contribution in [0.1, 0.15) is 25.7 Å². The van der Waals surface area contributed by atoms with Crippen LogP contribution in [0, 0.1) is 11.8 Å². The first-order valence-corrected chi connectivity index (χ1v) is 6.33. The summed E-state index contributed by atoms with van der Waals surface area (Å²) in [6, 6.07) is 0.601. The molecule has 0 bridgehead atoms. The number of hydrogen-bond acceptors (Lipinski definition) is 3. The van der Waals surface area contributed by atoms with E-state index in [0.29, 0.717) is 6.04 Å². The van der Waals surface area contributed by atoms with E-state index in [0.717, 1.165) is 18.4 Å². The molecule has 0 aromatic carbocycles. The lowest BCUT2D eigenvalue weighted by molar-refractivity contribution is 0.115. The average Bonchev–Trinajstić information content (AvgIpc) is 2.31. The van der Waals surface area contributed by atoms with Crippen molar-refractivity contribution >= 4 is 0 Å². The molecule has 0 spiro atoms. The highest BCUT2D eigenvalue weighted by Gasteiger charge is 2.28. The molecule has 2 fully saturated rings. The van der Waals surface area contributed by atoms with Gasteiger partial charge >= 0.3 is 0 Å². The minimum Gasteiger partial charge on any atom is -0.383 e. The van der Waals surface area contributed by atoms with Crippen LogP contribution in [0.15, 0.2) is 0 Å². The molecular weight excluding hydrogens is 188 g/mol. The first kappa shape index (κ1) is 11.4. The Morgan fingerprint density at radius 1 is 1.07 bits per heavy atom. The van der Waals surface area contributed by atoms with Gasteiger partial charge in [0.2, 0.25) is 0 Å². The molecule has 2 saturated heterocycles. The first-order valence-electron chi connectivity index (χ1n) is 6.33. The fourth-order valence-corrected chi connectivity index (χ4v) is 3.11. The van der Waals surface area contributed by atoms with Crippen LogP contribution in [0.3, 0.4) is 0 Å². The molecule has 2 atom stereocenters. The summed E-state index contributed by atoms with van der Waals surface area (Å²) in [5, 5.41) is 7.00. The Bertz CT molecular complexity index is 178. The molecule has 0 saturated carbocycles. The lowest BCUT2D eigenvalue weighted by Crippen LogP contribution is -2.44. The fourth-order valence-electron chi connectivity index (χ4n) is 3.11. The third-order valence-electron chi connectivity index (χ3n) is 3.95. The molecule has 0 aromatic rings. The Kier molecular flexibility index (Phi) is 4.42. The van der Waals surface area contributed by atoms with Crippen LogP contribution in [0.5, 0.6) is 0 Å². The maximum absolute atomic E-state index is 5.24. The van der Waals surface area contributed by atoms with E-state index < -0.39 is 0 Å². The van der Waals surface area contributed by atoms with Crippen molar-refractivity contribution in [3.63, 3.8) is 0 Å². The second kappa shape index (κ2) is 5.83. The van der Waals surface area contributed by atoms with Crippen molar-refractivity contribution in [2.75, 3.05) is 33.4 Å². The molecule has 2 N–H and O–H groups in total. The Morgan fingerprint density at radius 3 is 2.53 bits per heavy atom. The third kappa shape index (κ3) is 3.16. The van der Waals surface area contributed by atoms with Crippen LogP contribution in [0.4, 0.5) is 0 Å². The highest BCUT2D eigenvalue weighted by Crippen LogP contribution is 2.30. The Morgan fingerprint density at radius 2 is 1.80 bits per heavy atom. The molecule has 2 aliphatic rings. The summed E-state index contributed by atoms with van der Waals surface area (Å²) in [6.07, 6.45) is 5.44. The Labute approximate surface area is 93.0 Å². The molecule has 0 aromatic heterocycles. The number of piperidine rings is 2. The number of rotatable bonds is 3. The van der Waals surface area contributed by atoms with E-state index in [1.165, 1.54) is 45.3 Å². The molecule has 15 heavy (non-hydrogen) atoms. The highest BCUT2D eigenvalue weighted by molar-refractivity contribution is 4.84. The molecule has 0 radical (unpaired) electrons. The zero-order valence-corrected chi connectivity index (χ0v) is 9.80. The summed E-state index contributed by atoms with van der Waals surface area (Å²) < 4.78 is 5.24. The molecule has 2 heterocycles. The summed E-state index contributed by atoms with van der Waals surface area (Å²) >= 11 is 0. The highest BCUT2D eigenvalue weighted by atomic mass is 16.5. The largest absolute Gasteiger partial charge is 0.383 e. The minimum absolute atomic E-state index is 0.601. The number of ether oxygens (including phenoxy) is 1. The van der Waals surface area contributed by atoms with Gasteiger partial charge in [0.25, 0.3) is 0 Å². The summed E-state index contributed by atoms with van der Waals surface area (Å²) in [4.78, 5) is 0. The first-order chi connectivity index (χ1) is 7.40. The fraction of sp³-hybridized carbons (Fsp3) is 1.00. The maximum Gasteiger partial charge on any atom is 0.0615 e. The van der Waals surface area contributed by atoms with Crippen molar-refractivity contribution in [3.05, 3.63) is 0 Å². The standard InChI is InChI=1S/C12H24N2O/c1-15-9-12-8-11(4-7-14-12)10-2-5-13-6-3-10/h10-14H,2-9H2,1H3. The monoisotopic (exact) mass is 212 g/mol. The summed E-state index contributed by atoms with van der Waals surface area (Å²) in [5.74, 6) is 1.90. The van der Waals surface area contributed by atoms with E-state index in [4.69, 9.17) is 4.74 Å². The van der Waals surface area contributed by atoms with Gasteiger partial charge in [-0.2, -0.15) is 0 Å². The molecule has 2 rings (SSSR count). The Hall–Kier alpha value is -0.120. The van der Waals surface area contributed by atoms with Crippen LogP contribution in [0.2, 0.25) is 0 Å². The molecule has 3 heteroatoms. The molecular formula is C12H24N2O. The van der Waals surface area contributed by atoms with Gasteiger partial charge < -0.3 is 15.4 Å². The third-order valence-corrected chi connectivity index (χ3v) is 3.95. The van der Waals surface area contributed by atoms with Crippen LogP contribution >= 0.6 is 0 Å². The van der Waals surface area contributed by atoms with Crippen molar-refractivity contribution < 1.29 is 4.74 Å². The van der Waals surface area contributed by atoms with Crippen LogP contribution in [-0.4, -0.2) is 39.4 Å². The second-order valence-corrected chi connectivity index (χ2v) is 4.98. The molecule has 88 valence electrons. The van der Waals surface area contributed by atoms with Gasteiger partial charge in [0, 0.05) is 13.2 Å². The van der Waals surface area contributed by atoms with Gasteiger partial charge in [0.1, 0.15) is 0 Å². The second-order valence-electron chi connectivity index (χ2n) is 4.98. The van der Waals surface area contributed by atoms with Gasteiger partial charge in [-0.25, -0.2) is 0 Å². The number of hydrogen-bond donors (Lipinski definition) is 2. The van der Waals surface area contributed by atoms with Crippen molar-refractivity contribution in [1.29, 1.82) is 0 Å². The van der Waals surface area contributed by atoms with Crippen LogP contribution in [0.25, 0.3) is 0 Å². The van der Waals surface area contributed by atoms with E-state index in [1.807, 2.05) is 0 Å². The zero-order chi connectivity index (χ0) is 10.5. The van der Waals surface area contributed by atoms with Crippen molar-refractivity contribution in [3.8, 4) is 0 Å². The Balaban J connectivity index is 1.80. The van der Waals surface area contributed by atoms with E-state index in [9.17, 15) is 0 Å². The topological polar surface area (TPSA) is 33.3 Å². The summed E-state index contributed by atoms with van der Waals surface area (Å²) in [5.41, 5.74) is 0. The number of methoxy groups -OCH3 is 1. The van der Waals surface area contributed by atoms with Crippen molar-refractivity contribution in [1.82, 2.24) is 10.6 Å². The molecule has 3 nitrogen and oxygen atoms in total. The summed E-state index contributed by atoms with van der Waals surface area (Å²) in [6.45, 7) is 4.51. The SMILES string of the molecule is COCC1CC(C2CCNCC2)CCN1. The van der Waals surface area contributed by atoms with Gasteiger partial charge in [-0.3, -0.25) is 0 Å². The lowest BCUT2D eigenvalue weighted by Gasteiger charge is -2.37. The molecule has 0 aliphatic carbocycles. The minimum atomic E-state index is 0.601. The number of nitrogens with one attached hydrogen (secondary N) is 2. The predicted molar refractivity (Wildman–Crippen MR) is 62.0 cm³/mol. The normalized spacial score (nSPS) is 34.2. The zero-order valence-electron chi connectivity index (χ0n) is 9.80. The van der Waals surface area contributed by atoms with Gasteiger partial charge in [-0.05, 0) is 57.2 Å². The van der Waals surface area contributed by atoms with E-state index >= 15 is 0 Å². The molecule has 2 aliphatic heterocycles. The van der Waals surface area contributed by atoms with Gasteiger partial charge in [0.15, 0.2) is 0 Å². The molecule has 2 unspecified atom stereocenters. The smallest absolute Gasteiger partial charge is 0.0615 e. The average molecular weight is 212 g/mol. The maximum atomic E-state index is 5.24. The van der Waals surface area contributed by atoms with Crippen LogP contribution < -0.4 is 10.6 Å². The molecule has 0 amide bonds. The summed E-state index contributed by atoms with van der Waals surface area (Å²) in [7, 11) is 1.80. The van der Waals surface area contributed by atoms with Crippen molar-refractivity contribution in [2.24, 2.45) is 11.8 Å². The van der Waals surface area contributed by atoms with E-state index in [-0.39, 0.29) is 0 Å². The van der Waals surface area contributed by atoms with E-state index in [1.54, 1.807) is 7.11 Å². The van der Waals surface area contributed by atoms with Gasteiger partial charge in [0.05, 0.1) is 6.61 Å². The van der Waals surface area contributed by atoms with Crippen molar-refractivity contribution in [2.45, 2.75) is 31.7 Å². The van der Waals surface area contributed by atoms with E-state index in [2.05, 4.69) is 10.6 Å². The van der Waals surface area contributed by atoms with Gasteiger partial charge in [-0.15, -0.1) is 0 Å². The quantitative estimate of drug-likeness (QED) is 0.732. The van der Waals surface area contributed by atoms with Crippen LogP contribution in [-0.2, 0) is 4.74 Å².